The van der Waals surface area contributed by atoms with Crippen LogP contribution in [-0.4, -0.2) is 78.8 Å². The number of rotatable bonds is 35. The molecule has 8 heteroatoms. The third-order valence-electron chi connectivity index (χ3n) is 9.20. The first-order valence-corrected chi connectivity index (χ1v) is 18.9. The highest BCUT2D eigenvalue weighted by atomic mass is 16.4. The van der Waals surface area contributed by atoms with Crippen molar-refractivity contribution in [1.82, 2.24) is 0 Å². The molecule has 0 aliphatic carbocycles. The average Bonchev–Trinajstić information content (AvgIpc) is 3.09. The van der Waals surface area contributed by atoms with Crippen LogP contribution >= 0.6 is 0 Å². The fourth-order valence-corrected chi connectivity index (χ4v) is 5.94. The predicted molar refractivity (Wildman–Crippen MR) is 187 cm³/mol. The Kier molecular flexibility index (Phi) is 28.1. The molecule has 0 aromatic rings. The summed E-state index contributed by atoms with van der Waals surface area (Å²) in [4.78, 5) is 24.7. The van der Waals surface area contributed by atoms with Crippen LogP contribution in [0.1, 0.15) is 196 Å². The molecule has 0 aliphatic heterocycles. The predicted octanol–water partition coefficient (Wildman–Crippen LogP) is 7.25. The Bertz CT molecular complexity index is 683. The van der Waals surface area contributed by atoms with Crippen molar-refractivity contribution >= 4 is 11.6 Å². The fourth-order valence-electron chi connectivity index (χ4n) is 5.94. The van der Waals surface area contributed by atoms with E-state index in [1.54, 1.807) is 0 Å². The van der Waals surface area contributed by atoms with Gasteiger partial charge in [-0.1, -0.05) is 168 Å². The zero-order chi connectivity index (χ0) is 35.8. The molecule has 0 radical (unpaired) electrons. The molecule has 2 unspecified atom stereocenters. The van der Waals surface area contributed by atoms with E-state index in [1.807, 2.05) is 0 Å². The monoisotopic (exact) mass is 661 g/mol. The van der Waals surface area contributed by atoms with E-state index in [2.05, 4.69) is 0 Å². The molecule has 0 saturated heterocycles. The largest absolute Gasteiger partial charge is 0.387 e. The van der Waals surface area contributed by atoms with E-state index in [1.165, 1.54) is 77.0 Å². The van der Waals surface area contributed by atoms with Crippen LogP contribution in [0.2, 0.25) is 0 Å². The number of hydrogen-bond donors (Lipinski definition) is 6. The lowest BCUT2D eigenvalue weighted by Crippen LogP contribution is -2.54. The van der Waals surface area contributed by atoms with Crippen LogP contribution in [0.3, 0.4) is 0 Å². The number of carbonyl (C=O) groups is 2. The van der Waals surface area contributed by atoms with E-state index < -0.39 is 48.2 Å². The molecular formula is C38H74O8. The summed E-state index contributed by atoms with van der Waals surface area (Å²) in [5.74, 6) is -1.34. The van der Waals surface area contributed by atoms with Gasteiger partial charge in [0, 0.05) is 15.6 Å². The summed E-state index contributed by atoms with van der Waals surface area (Å²) in [5, 5.41) is 61.6. The van der Waals surface area contributed by atoms with Crippen LogP contribution in [0.25, 0.3) is 0 Å². The second kappa shape index (κ2) is 31.4. The smallest absolute Gasteiger partial charge is 0.164 e. The number of aliphatic hydroxyl groups is 6. The molecule has 46 heavy (non-hydrogen) atoms. The number of Topliss-reactive ketones (excluding diaryl/α,β-unsaturated/α-hetero) is 2. The van der Waals surface area contributed by atoms with Crippen molar-refractivity contribution in [1.29, 1.82) is 0 Å². The average molecular weight is 661 g/mol. The lowest BCUT2D eigenvalue weighted by molar-refractivity contribution is -0.167. The molecule has 0 heterocycles. The summed E-state index contributed by atoms with van der Waals surface area (Å²) >= 11 is 0. The maximum atomic E-state index is 12.4. The Balaban J connectivity index is 4.01. The lowest BCUT2D eigenvalue weighted by atomic mass is 9.91. The Morgan fingerprint density at radius 3 is 0.826 bits per heavy atom. The second-order valence-electron chi connectivity index (χ2n) is 13.5. The van der Waals surface area contributed by atoms with Gasteiger partial charge in [0.25, 0.3) is 0 Å². The van der Waals surface area contributed by atoms with E-state index >= 15 is 0 Å². The van der Waals surface area contributed by atoms with Gasteiger partial charge in [-0.15, -0.1) is 0 Å². The molecular weight excluding hydrogens is 584 g/mol. The highest BCUT2D eigenvalue weighted by Gasteiger charge is 2.40. The number of aliphatic hydroxyl groups excluding tert-OH is 6. The minimum atomic E-state index is -2.13. The Hall–Kier alpha value is -0.900. The van der Waals surface area contributed by atoms with Gasteiger partial charge in [-0.05, 0) is 12.8 Å². The van der Waals surface area contributed by atoms with E-state index in [0.717, 1.165) is 77.0 Å². The van der Waals surface area contributed by atoms with Gasteiger partial charge >= 0.3 is 0 Å². The van der Waals surface area contributed by atoms with Gasteiger partial charge in [-0.3, -0.25) is 9.59 Å². The van der Waals surface area contributed by atoms with E-state index in [-0.39, 0.29) is 12.8 Å². The molecule has 6 N–H and O–H groups in total. The summed E-state index contributed by atoms with van der Waals surface area (Å²) < 4.78 is 14.3. The van der Waals surface area contributed by atoms with E-state index in [4.69, 9.17) is 2.74 Å². The maximum absolute atomic E-state index is 12.4. The number of unbranched alkanes of at least 4 members (excludes halogenated alkanes) is 24. The van der Waals surface area contributed by atoms with Crippen molar-refractivity contribution < 1.29 is 43.0 Å². The highest BCUT2D eigenvalue weighted by molar-refractivity contribution is 5.84. The maximum Gasteiger partial charge on any atom is 0.164 e. The van der Waals surface area contributed by atoms with Gasteiger partial charge in [0.1, 0.15) is 36.6 Å². The third-order valence-corrected chi connectivity index (χ3v) is 9.20. The van der Waals surface area contributed by atoms with Crippen molar-refractivity contribution in [2.75, 3.05) is 0 Å². The van der Waals surface area contributed by atoms with Crippen LogP contribution in [0.15, 0.2) is 0 Å². The molecule has 274 valence electrons. The van der Waals surface area contributed by atoms with Crippen LogP contribution in [0.4, 0.5) is 0 Å². The molecule has 0 fully saturated rings. The van der Waals surface area contributed by atoms with Gasteiger partial charge in [-0.25, -0.2) is 0 Å². The van der Waals surface area contributed by atoms with Gasteiger partial charge in [0.05, 0.1) is 0 Å². The molecule has 0 saturated carbocycles. The number of hydrogen-bond acceptors (Lipinski definition) is 8. The van der Waals surface area contributed by atoms with Crippen molar-refractivity contribution in [3.05, 3.63) is 0 Å². The van der Waals surface area contributed by atoms with Crippen LogP contribution in [-0.2, 0) is 9.59 Å². The highest BCUT2D eigenvalue weighted by Crippen LogP contribution is 2.18. The summed E-state index contributed by atoms with van der Waals surface area (Å²) in [6.45, 7) is 1.06. The van der Waals surface area contributed by atoms with Gasteiger partial charge < -0.3 is 30.6 Å². The zero-order valence-electron chi connectivity index (χ0n) is 31.2. The lowest BCUT2D eigenvalue weighted by Gasteiger charge is -2.30. The first-order chi connectivity index (χ1) is 23.2. The van der Waals surface area contributed by atoms with Crippen molar-refractivity contribution in [3.63, 3.8) is 0 Å². The van der Waals surface area contributed by atoms with Gasteiger partial charge in [0.15, 0.2) is 11.6 Å². The van der Waals surface area contributed by atoms with Crippen molar-refractivity contribution in [3.8, 4) is 0 Å². The first kappa shape index (κ1) is 41.3. The summed E-state index contributed by atoms with van der Waals surface area (Å²) in [5.41, 5.74) is 0. The first-order valence-electron chi connectivity index (χ1n) is 20.3. The summed E-state index contributed by atoms with van der Waals surface area (Å²) in [6, 6.07) is 0. The molecule has 0 aliphatic rings. The number of carbonyl (C=O) groups excluding carboxylic acids is 2. The molecule has 0 bridgehead atoms. The fraction of sp³-hybridized carbons (Fsp3) is 0.947. The Labute approximate surface area is 284 Å². The minimum Gasteiger partial charge on any atom is -0.387 e. The van der Waals surface area contributed by atoms with Crippen LogP contribution in [0.5, 0.6) is 0 Å². The van der Waals surface area contributed by atoms with Crippen molar-refractivity contribution in [2.24, 2.45) is 0 Å². The molecule has 0 aromatic heterocycles. The standard InChI is InChI=1S/C38H74O8/c1-3-5-7-9-11-13-15-17-19-21-23-25-27-29-31(39)33(41)35(43)37(45)38(46)36(44)34(42)32(40)30-28-26-24-22-20-18-16-14-12-10-8-6-4-2/h33-38,41-46H,3-30H2,1-2H3/t33?,34?,35-,36-,37-,38-/m1/s1/i1D,2D. The third kappa shape index (κ3) is 23.4. The van der Waals surface area contributed by atoms with E-state index in [9.17, 15) is 40.2 Å². The molecule has 0 rings (SSSR count). The second-order valence-corrected chi connectivity index (χ2v) is 13.5. The van der Waals surface area contributed by atoms with Crippen LogP contribution in [0, 0.1) is 0 Å². The normalized spacial score (nSPS) is 16.3. The van der Waals surface area contributed by atoms with Crippen molar-refractivity contribution in [2.45, 2.75) is 230 Å². The molecule has 0 spiro atoms. The Morgan fingerprint density at radius 1 is 0.370 bits per heavy atom. The molecule has 8 nitrogen and oxygen atoms in total. The minimum absolute atomic E-state index is 0.0132. The number of ketones is 2. The van der Waals surface area contributed by atoms with Gasteiger partial charge in [-0.2, -0.15) is 0 Å². The van der Waals surface area contributed by atoms with Crippen LogP contribution < -0.4 is 0 Å². The van der Waals surface area contributed by atoms with E-state index in [0.29, 0.717) is 26.6 Å². The molecule has 0 amide bonds. The van der Waals surface area contributed by atoms with Gasteiger partial charge in [0.2, 0.25) is 0 Å². The SMILES string of the molecule is [2H]CCCCCCCCCCCCCCCC(=O)C(O)[C@@H](O)[C@@H](O)[C@H](O)[C@H](O)C(O)C(=O)CCCCCCCCCCCCCCC[2H]. The Morgan fingerprint density at radius 2 is 0.587 bits per heavy atom. The summed E-state index contributed by atoms with van der Waals surface area (Å²) in [6.07, 6.45) is 15.9. The quantitative estimate of drug-likeness (QED) is 0.0388. The topological polar surface area (TPSA) is 156 Å². The summed E-state index contributed by atoms with van der Waals surface area (Å²) in [7, 11) is 0. The molecule has 6 atom stereocenters. The molecule has 0 aromatic carbocycles. The zero-order valence-corrected chi connectivity index (χ0v) is 29.2.